The van der Waals surface area contributed by atoms with E-state index in [2.05, 4.69) is 16.1 Å². The van der Waals surface area contributed by atoms with Crippen LogP contribution in [0.3, 0.4) is 0 Å². The zero-order chi connectivity index (χ0) is 17.6. The topological polar surface area (TPSA) is 102 Å². The monoisotopic (exact) mass is 330 g/mol. The Bertz CT molecular complexity index is 1070. The highest BCUT2D eigenvalue weighted by molar-refractivity contribution is 5.97. The number of benzene rings is 1. The Morgan fingerprint density at radius 2 is 1.92 bits per heavy atom. The number of aromatic nitrogens is 3. The molecule has 0 unspecified atom stereocenters. The van der Waals surface area contributed by atoms with Gasteiger partial charge in [-0.25, -0.2) is 4.68 Å². The molecule has 0 amide bonds. The zero-order valence-electron chi connectivity index (χ0n) is 13.9. The quantitative estimate of drug-likeness (QED) is 0.508. The van der Waals surface area contributed by atoms with Crippen molar-refractivity contribution in [3.8, 4) is 0 Å². The maximum absolute atomic E-state index is 8.71. The highest BCUT2D eigenvalue weighted by Crippen LogP contribution is 2.49. The summed E-state index contributed by atoms with van der Waals surface area (Å²) in [6.07, 6.45) is 3.49. The van der Waals surface area contributed by atoms with Crippen LogP contribution in [0.4, 0.5) is 0 Å². The van der Waals surface area contributed by atoms with Crippen LogP contribution in [0.15, 0.2) is 48.7 Å². The van der Waals surface area contributed by atoms with Crippen molar-refractivity contribution in [3.63, 3.8) is 0 Å². The zero-order valence-corrected chi connectivity index (χ0v) is 13.9. The molecule has 6 heteroatoms. The minimum Gasteiger partial charge on any atom is -0.303 e. The van der Waals surface area contributed by atoms with Crippen LogP contribution < -0.4 is 5.49 Å². The van der Waals surface area contributed by atoms with Crippen molar-refractivity contribution in [3.05, 3.63) is 65.4 Å². The highest BCUT2D eigenvalue weighted by Gasteiger charge is 2.50. The average Bonchev–Trinajstić information content (AvgIpc) is 3.43. The van der Waals surface area contributed by atoms with Crippen molar-refractivity contribution in [1.29, 1.82) is 16.2 Å². The van der Waals surface area contributed by atoms with E-state index in [0.717, 1.165) is 29.3 Å². The molecule has 1 aliphatic rings. The summed E-state index contributed by atoms with van der Waals surface area (Å²) in [5, 5.41) is 30.0. The van der Waals surface area contributed by atoms with Crippen molar-refractivity contribution >= 4 is 22.5 Å². The number of hydrogen-bond donors (Lipinski definition) is 3. The van der Waals surface area contributed by atoms with Gasteiger partial charge in [-0.05, 0) is 55.7 Å². The van der Waals surface area contributed by atoms with Crippen LogP contribution in [0.25, 0.3) is 10.9 Å². The Kier molecular flexibility index (Phi) is 3.35. The lowest BCUT2D eigenvalue weighted by Crippen LogP contribution is -2.37. The molecule has 0 saturated heterocycles. The third-order valence-electron chi connectivity index (χ3n) is 4.79. The fourth-order valence-corrected chi connectivity index (χ4v) is 3.16. The molecule has 124 valence electrons. The first kappa shape index (κ1) is 15.4. The molecule has 0 aliphatic heterocycles. The largest absolute Gasteiger partial charge is 0.303 e. The van der Waals surface area contributed by atoms with Crippen molar-refractivity contribution in [2.24, 2.45) is 0 Å². The van der Waals surface area contributed by atoms with Gasteiger partial charge in [-0.3, -0.25) is 15.8 Å². The molecular formula is C19H18N6. The van der Waals surface area contributed by atoms with Crippen molar-refractivity contribution in [2.75, 3.05) is 0 Å². The molecule has 3 N–H and O–H groups in total. The molecule has 1 fully saturated rings. The molecule has 25 heavy (non-hydrogen) atoms. The lowest BCUT2D eigenvalue weighted by atomic mass is 9.93. The van der Waals surface area contributed by atoms with Crippen molar-refractivity contribution in [1.82, 2.24) is 14.8 Å². The van der Waals surface area contributed by atoms with Gasteiger partial charge in [-0.1, -0.05) is 12.1 Å². The Labute approximate surface area is 144 Å². The smallest absolute Gasteiger partial charge is 0.148 e. The van der Waals surface area contributed by atoms with Gasteiger partial charge in [0.1, 0.15) is 17.0 Å². The Morgan fingerprint density at radius 1 is 1.12 bits per heavy atom. The Hall–Kier alpha value is -3.15. The van der Waals surface area contributed by atoms with Crippen LogP contribution >= 0.6 is 0 Å². The molecule has 6 nitrogen and oxygen atoms in total. The molecule has 0 bridgehead atoms. The Balaban J connectivity index is 1.80. The Morgan fingerprint density at radius 3 is 2.64 bits per heavy atom. The van der Waals surface area contributed by atoms with Gasteiger partial charge in [0.2, 0.25) is 0 Å². The number of fused-ring (bicyclic) bond motifs is 1. The van der Waals surface area contributed by atoms with E-state index < -0.39 is 5.41 Å². The number of hydrogen-bond acceptors (Lipinski definition) is 5. The van der Waals surface area contributed by atoms with Crippen LogP contribution in [-0.2, 0) is 5.41 Å². The molecule has 3 aromatic rings. The molecular weight excluding hydrogens is 312 g/mol. The van der Waals surface area contributed by atoms with E-state index in [1.165, 1.54) is 4.68 Å². The molecule has 0 spiro atoms. The summed E-state index contributed by atoms with van der Waals surface area (Å²) in [6, 6.07) is 13.3. The lowest BCUT2D eigenvalue weighted by Gasteiger charge is -2.19. The minimum atomic E-state index is -0.411. The van der Waals surface area contributed by atoms with Gasteiger partial charge >= 0.3 is 0 Å². The van der Waals surface area contributed by atoms with Crippen LogP contribution in [0, 0.1) is 16.2 Å². The molecule has 4 rings (SSSR count). The molecule has 2 aromatic heterocycles. The third-order valence-corrected chi connectivity index (χ3v) is 4.79. The fraction of sp³-hybridized carbons (Fsp3) is 0.211. The van der Waals surface area contributed by atoms with E-state index in [1.54, 1.807) is 25.3 Å². The molecule has 1 aromatic carbocycles. The number of pyridine rings is 1. The van der Waals surface area contributed by atoms with Gasteiger partial charge in [0.15, 0.2) is 0 Å². The highest BCUT2D eigenvalue weighted by atomic mass is 15.3. The normalized spacial score (nSPS) is 15.1. The molecule has 0 atom stereocenters. The lowest BCUT2D eigenvalue weighted by molar-refractivity contribution is 0.743. The van der Waals surface area contributed by atoms with Gasteiger partial charge < -0.3 is 5.41 Å². The molecule has 1 saturated carbocycles. The number of nitrogens with zero attached hydrogens (tertiary/aromatic N) is 3. The average molecular weight is 330 g/mol. The predicted octanol–water partition coefficient (Wildman–Crippen LogP) is 2.86. The van der Waals surface area contributed by atoms with E-state index >= 15 is 0 Å². The molecule has 2 heterocycles. The summed E-state index contributed by atoms with van der Waals surface area (Å²) >= 11 is 0. The second-order valence-electron chi connectivity index (χ2n) is 6.48. The van der Waals surface area contributed by atoms with E-state index in [1.807, 2.05) is 24.3 Å². The minimum absolute atomic E-state index is 0.156. The summed E-state index contributed by atoms with van der Waals surface area (Å²) in [5.74, 6) is 0.295. The van der Waals surface area contributed by atoms with Gasteiger partial charge in [0, 0.05) is 11.6 Å². The standard InChI is InChI=1S/C19H18N6/c1-12(20)15-6-7-17(21)25(24-15)18(22)19(8-9-19)14-4-5-16-13(11-14)3-2-10-23-16/h2-7,10-11,20-22H,8-9H2,1H3. The van der Waals surface area contributed by atoms with Gasteiger partial charge in [0.05, 0.1) is 16.6 Å². The summed E-state index contributed by atoms with van der Waals surface area (Å²) in [6.45, 7) is 1.66. The van der Waals surface area contributed by atoms with Gasteiger partial charge in [-0.15, -0.1) is 0 Å². The van der Waals surface area contributed by atoms with Crippen LogP contribution in [0.5, 0.6) is 0 Å². The first-order chi connectivity index (χ1) is 12.0. The van der Waals surface area contributed by atoms with E-state index in [4.69, 9.17) is 16.2 Å². The number of nitrogens with one attached hydrogen (secondary N) is 3. The van der Waals surface area contributed by atoms with Crippen LogP contribution in [0.1, 0.15) is 31.0 Å². The maximum atomic E-state index is 8.71. The SMILES string of the molecule is CC(=N)c1ccc(=N)n(C(=N)C2(c3ccc4ncccc4c3)CC2)n1. The van der Waals surface area contributed by atoms with E-state index in [0.29, 0.717) is 17.2 Å². The van der Waals surface area contributed by atoms with Crippen molar-refractivity contribution < 1.29 is 0 Å². The molecule has 0 radical (unpaired) electrons. The maximum Gasteiger partial charge on any atom is 0.148 e. The van der Waals surface area contributed by atoms with Gasteiger partial charge in [0.25, 0.3) is 0 Å². The predicted molar refractivity (Wildman–Crippen MR) is 96.4 cm³/mol. The summed E-state index contributed by atoms with van der Waals surface area (Å²) in [7, 11) is 0. The molecule has 1 aliphatic carbocycles. The fourth-order valence-electron chi connectivity index (χ4n) is 3.16. The second kappa shape index (κ2) is 5.44. The summed E-state index contributed by atoms with van der Waals surface area (Å²) in [5.41, 5.74) is 2.54. The van der Waals surface area contributed by atoms with E-state index in [9.17, 15) is 0 Å². The first-order valence-corrected chi connectivity index (χ1v) is 8.16. The van der Waals surface area contributed by atoms with Crippen LogP contribution in [0.2, 0.25) is 0 Å². The first-order valence-electron chi connectivity index (χ1n) is 8.16. The third kappa shape index (κ3) is 2.46. The van der Waals surface area contributed by atoms with Crippen LogP contribution in [-0.4, -0.2) is 26.3 Å². The number of rotatable bonds is 3. The second-order valence-corrected chi connectivity index (χ2v) is 6.48. The summed E-state index contributed by atoms with van der Waals surface area (Å²) in [4.78, 5) is 4.35. The van der Waals surface area contributed by atoms with E-state index in [-0.39, 0.29) is 5.49 Å². The van der Waals surface area contributed by atoms with Gasteiger partial charge in [-0.2, -0.15) is 5.10 Å². The summed E-state index contributed by atoms with van der Waals surface area (Å²) < 4.78 is 1.35. The van der Waals surface area contributed by atoms with Crippen molar-refractivity contribution in [2.45, 2.75) is 25.2 Å².